The lowest BCUT2D eigenvalue weighted by Crippen LogP contribution is -2.41. The number of carboxylic acids is 1. The van der Waals surface area contributed by atoms with Gasteiger partial charge in [0, 0.05) is 19.6 Å². The van der Waals surface area contributed by atoms with E-state index in [1.54, 1.807) is 12.1 Å². The Morgan fingerprint density at radius 2 is 2.14 bits per heavy atom. The molecule has 1 aromatic carbocycles. The minimum Gasteiger partial charge on any atom is -0.478 e. The standard InChI is InChI=1S/C14H20N2O4S/c1-2-16(10-11-6-7-11)21(19,20)15-9-12-4-3-5-13(8-12)14(17)18/h3-5,8,11,15H,2,6-7,9-10H2,1H3,(H,17,18). The van der Waals surface area contributed by atoms with Gasteiger partial charge in [-0.05, 0) is 36.5 Å². The lowest BCUT2D eigenvalue weighted by atomic mass is 10.1. The van der Waals surface area contributed by atoms with Crippen molar-refractivity contribution in [3.05, 3.63) is 35.4 Å². The molecule has 6 nitrogen and oxygen atoms in total. The largest absolute Gasteiger partial charge is 0.478 e. The van der Waals surface area contributed by atoms with Crippen molar-refractivity contribution < 1.29 is 18.3 Å². The second kappa shape index (κ2) is 6.55. The molecule has 21 heavy (non-hydrogen) atoms. The van der Waals surface area contributed by atoms with Crippen molar-refractivity contribution in [3.8, 4) is 0 Å². The van der Waals surface area contributed by atoms with Gasteiger partial charge in [0.05, 0.1) is 5.56 Å². The Morgan fingerprint density at radius 1 is 1.43 bits per heavy atom. The summed E-state index contributed by atoms with van der Waals surface area (Å²) in [5.41, 5.74) is 0.776. The Morgan fingerprint density at radius 3 is 2.71 bits per heavy atom. The first-order valence-electron chi connectivity index (χ1n) is 6.99. The fourth-order valence-corrected chi connectivity index (χ4v) is 3.34. The van der Waals surface area contributed by atoms with Gasteiger partial charge < -0.3 is 5.11 Å². The second-order valence-electron chi connectivity index (χ2n) is 5.23. The van der Waals surface area contributed by atoms with Gasteiger partial charge >= 0.3 is 5.97 Å². The molecule has 0 aromatic heterocycles. The number of nitrogens with zero attached hydrogens (tertiary/aromatic N) is 1. The molecule has 1 saturated carbocycles. The second-order valence-corrected chi connectivity index (χ2v) is 6.98. The minimum atomic E-state index is -3.52. The van der Waals surface area contributed by atoms with Crippen LogP contribution in [0.1, 0.15) is 35.7 Å². The van der Waals surface area contributed by atoms with Gasteiger partial charge in [0.25, 0.3) is 10.2 Å². The van der Waals surface area contributed by atoms with Crippen molar-refractivity contribution in [2.24, 2.45) is 5.92 Å². The SMILES string of the molecule is CCN(CC1CC1)S(=O)(=O)NCc1cccc(C(=O)O)c1. The van der Waals surface area contributed by atoms with Crippen LogP contribution in [0.25, 0.3) is 0 Å². The highest BCUT2D eigenvalue weighted by molar-refractivity contribution is 7.87. The zero-order valence-electron chi connectivity index (χ0n) is 11.9. The molecule has 0 aliphatic heterocycles. The number of hydrogen-bond donors (Lipinski definition) is 2. The van der Waals surface area contributed by atoms with Crippen molar-refractivity contribution in [3.63, 3.8) is 0 Å². The van der Waals surface area contributed by atoms with Crippen molar-refractivity contribution in [2.45, 2.75) is 26.3 Å². The van der Waals surface area contributed by atoms with E-state index in [-0.39, 0.29) is 12.1 Å². The molecule has 0 bridgehead atoms. The van der Waals surface area contributed by atoms with Crippen LogP contribution in [0.15, 0.2) is 24.3 Å². The molecule has 2 N–H and O–H groups in total. The summed E-state index contributed by atoms with van der Waals surface area (Å²) in [6.07, 6.45) is 2.18. The zero-order valence-corrected chi connectivity index (χ0v) is 12.8. The predicted octanol–water partition coefficient (Wildman–Crippen LogP) is 1.45. The monoisotopic (exact) mass is 312 g/mol. The number of rotatable bonds is 8. The Hall–Kier alpha value is -1.44. The lowest BCUT2D eigenvalue weighted by molar-refractivity contribution is 0.0696. The van der Waals surface area contributed by atoms with E-state index in [0.29, 0.717) is 24.6 Å². The molecule has 7 heteroatoms. The molecule has 0 atom stereocenters. The molecular formula is C14H20N2O4S. The van der Waals surface area contributed by atoms with E-state index < -0.39 is 16.2 Å². The van der Waals surface area contributed by atoms with Crippen LogP contribution in [0.5, 0.6) is 0 Å². The van der Waals surface area contributed by atoms with E-state index in [0.717, 1.165) is 12.8 Å². The maximum atomic E-state index is 12.2. The third-order valence-electron chi connectivity index (χ3n) is 3.48. The van der Waals surface area contributed by atoms with E-state index in [2.05, 4.69) is 4.72 Å². The van der Waals surface area contributed by atoms with Crippen LogP contribution in [0.3, 0.4) is 0 Å². The minimum absolute atomic E-state index is 0.0879. The molecule has 1 aliphatic rings. The summed E-state index contributed by atoms with van der Waals surface area (Å²) in [6.45, 7) is 2.89. The predicted molar refractivity (Wildman–Crippen MR) is 79.1 cm³/mol. The summed E-state index contributed by atoms with van der Waals surface area (Å²) >= 11 is 0. The average Bonchev–Trinajstić information content (AvgIpc) is 3.27. The Bertz CT molecular complexity index is 611. The first-order chi connectivity index (χ1) is 9.92. The van der Waals surface area contributed by atoms with Crippen LogP contribution in [0.2, 0.25) is 0 Å². The molecule has 0 heterocycles. The van der Waals surface area contributed by atoms with Gasteiger partial charge in [0.15, 0.2) is 0 Å². The molecule has 0 amide bonds. The van der Waals surface area contributed by atoms with E-state index in [4.69, 9.17) is 5.11 Å². The molecule has 0 saturated heterocycles. The zero-order chi connectivity index (χ0) is 15.5. The quantitative estimate of drug-likeness (QED) is 0.760. The summed E-state index contributed by atoms with van der Waals surface area (Å²) in [7, 11) is -3.52. The molecular weight excluding hydrogens is 292 g/mol. The number of hydrogen-bond acceptors (Lipinski definition) is 3. The molecule has 0 unspecified atom stereocenters. The van der Waals surface area contributed by atoms with Crippen LogP contribution >= 0.6 is 0 Å². The van der Waals surface area contributed by atoms with Crippen LogP contribution in [0.4, 0.5) is 0 Å². The van der Waals surface area contributed by atoms with E-state index >= 15 is 0 Å². The number of aromatic carboxylic acids is 1. The van der Waals surface area contributed by atoms with Crippen molar-refractivity contribution in [2.75, 3.05) is 13.1 Å². The molecule has 1 fully saturated rings. The molecule has 1 aliphatic carbocycles. The van der Waals surface area contributed by atoms with Crippen LogP contribution in [-0.4, -0.2) is 36.9 Å². The number of carboxylic acid groups (broad SMARTS) is 1. The van der Waals surface area contributed by atoms with Crippen molar-refractivity contribution in [1.29, 1.82) is 0 Å². The highest BCUT2D eigenvalue weighted by Gasteiger charge is 2.29. The molecule has 0 radical (unpaired) electrons. The van der Waals surface area contributed by atoms with E-state index in [1.807, 2.05) is 6.92 Å². The van der Waals surface area contributed by atoms with Crippen LogP contribution in [0, 0.1) is 5.92 Å². The number of benzene rings is 1. The lowest BCUT2D eigenvalue weighted by Gasteiger charge is -2.20. The fraction of sp³-hybridized carbons (Fsp3) is 0.500. The maximum absolute atomic E-state index is 12.2. The summed E-state index contributed by atoms with van der Waals surface area (Å²) in [5, 5.41) is 8.92. The molecule has 116 valence electrons. The Kier molecular flexibility index (Phi) is 4.97. The van der Waals surface area contributed by atoms with Gasteiger partial charge in [-0.15, -0.1) is 0 Å². The average molecular weight is 312 g/mol. The highest BCUT2D eigenvalue weighted by Crippen LogP contribution is 2.30. The van der Waals surface area contributed by atoms with Crippen molar-refractivity contribution >= 4 is 16.2 Å². The van der Waals surface area contributed by atoms with E-state index in [1.165, 1.54) is 16.4 Å². The first kappa shape index (κ1) is 15.9. The third kappa shape index (κ3) is 4.52. The fourth-order valence-electron chi connectivity index (χ4n) is 2.07. The maximum Gasteiger partial charge on any atom is 0.335 e. The van der Waals surface area contributed by atoms with Crippen molar-refractivity contribution in [1.82, 2.24) is 9.03 Å². The normalized spacial score (nSPS) is 15.3. The van der Waals surface area contributed by atoms with Gasteiger partial charge in [0.1, 0.15) is 0 Å². The summed E-state index contributed by atoms with van der Waals surface area (Å²) in [6, 6.07) is 6.26. The van der Waals surface area contributed by atoms with Crippen LogP contribution < -0.4 is 4.72 Å². The summed E-state index contributed by atoms with van der Waals surface area (Å²) < 4.78 is 28.4. The van der Waals surface area contributed by atoms with Gasteiger partial charge in [-0.25, -0.2) is 4.79 Å². The third-order valence-corrected chi connectivity index (χ3v) is 5.08. The molecule has 1 aromatic rings. The highest BCUT2D eigenvalue weighted by atomic mass is 32.2. The first-order valence-corrected chi connectivity index (χ1v) is 8.43. The van der Waals surface area contributed by atoms with E-state index in [9.17, 15) is 13.2 Å². The number of nitrogens with one attached hydrogen (secondary N) is 1. The van der Waals surface area contributed by atoms with Gasteiger partial charge in [0.2, 0.25) is 0 Å². The van der Waals surface area contributed by atoms with Gasteiger partial charge in [-0.2, -0.15) is 17.4 Å². The van der Waals surface area contributed by atoms with Crippen LogP contribution in [-0.2, 0) is 16.8 Å². The number of carbonyl (C=O) groups is 1. The topological polar surface area (TPSA) is 86.7 Å². The smallest absolute Gasteiger partial charge is 0.335 e. The summed E-state index contributed by atoms with van der Waals surface area (Å²) in [4.78, 5) is 10.9. The Labute approximate surface area is 125 Å². The summed E-state index contributed by atoms with van der Waals surface area (Å²) in [5.74, 6) is -0.541. The Balaban J connectivity index is 1.99. The molecule has 2 rings (SSSR count). The molecule has 0 spiro atoms. The van der Waals surface area contributed by atoms with Gasteiger partial charge in [-0.3, -0.25) is 0 Å². The van der Waals surface area contributed by atoms with Gasteiger partial charge in [-0.1, -0.05) is 19.1 Å².